The van der Waals surface area contributed by atoms with Crippen LogP contribution in [0.2, 0.25) is 0 Å². The molecular formula is C12H18N4O5. The number of methoxy groups -OCH3 is 1. The maximum absolute atomic E-state index is 12.0. The first kappa shape index (κ1) is 16.5. The SMILES string of the molecule is CCN(CC(=O)OC)C(=O)NC(C(=O)O)c1cnn(C)c1. The molecule has 0 aliphatic heterocycles. The molecule has 0 spiro atoms. The van der Waals surface area contributed by atoms with Crippen LogP contribution in [0.25, 0.3) is 0 Å². The first-order valence-electron chi connectivity index (χ1n) is 6.22. The molecule has 1 unspecified atom stereocenters. The molecule has 0 saturated heterocycles. The van der Waals surface area contributed by atoms with E-state index in [4.69, 9.17) is 0 Å². The normalized spacial score (nSPS) is 11.6. The van der Waals surface area contributed by atoms with Crippen molar-refractivity contribution in [3.8, 4) is 0 Å². The van der Waals surface area contributed by atoms with E-state index in [0.717, 1.165) is 4.90 Å². The first-order chi connectivity index (χ1) is 9.88. The highest BCUT2D eigenvalue weighted by Gasteiger charge is 2.26. The third kappa shape index (κ3) is 4.48. The zero-order chi connectivity index (χ0) is 16.0. The fraction of sp³-hybridized carbons (Fsp3) is 0.500. The predicted molar refractivity (Wildman–Crippen MR) is 71.4 cm³/mol. The van der Waals surface area contributed by atoms with Crippen molar-refractivity contribution in [2.45, 2.75) is 13.0 Å². The lowest BCUT2D eigenvalue weighted by atomic mass is 10.1. The second kappa shape index (κ2) is 7.27. The van der Waals surface area contributed by atoms with Crippen LogP contribution in [0.3, 0.4) is 0 Å². The Balaban J connectivity index is 2.80. The number of esters is 1. The van der Waals surface area contributed by atoms with Gasteiger partial charge in [0, 0.05) is 25.4 Å². The van der Waals surface area contributed by atoms with E-state index < -0.39 is 24.0 Å². The number of aryl methyl sites for hydroxylation is 1. The average Bonchev–Trinajstić information content (AvgIpc) is 2.87. The van der Waals surface area contributed by atoms with Crippen molar-refractivity contribution in [1.29, 1.82) is 0 Å². The topological polar surface area (TPSA) is 114 Å². The number of urea groups is 1. The fourth-order valence-electron chi connectivity index (χ4n) is 1.64. The van der Waals surface area contributed by atoms with Crippen molar-refractivity contribution in [2.24, 2.45) is 7.05 Å². The number of hydrogen-bond acceptors (Lipinski definition) is 5. The third-order valence-electron chi connectivity index (χ3n) is 2.79. The van der Waals surface area contributed by atoms with Crippen LogP contribution in [0.1, 0.15) is 18.5 Å². The standard InChI is InChI=1S/C12H18N4O5/c1-4-16(7-9(17)21-3)12(20)14-10(11(18)19)8-5-13-15(2)6-8/h5-6,10H,4,7H2,1-3H3,(H,14,20)(H,18,19). The number of nitrogens with one attached hydrogen (secondary N) is 1. The van der Waals surface area contributed by atoms with Gasteiger partial charge in [-0.05, 0) is 6.92 Å². The molecule has 2 N–H and O–H groups in total. The summed E-state index contributed by atoms with van der Waals surface area (Å²) in [7, 11) is 2.85. The molecule has 21 heavy (non-hydrogen) atoms. The van der Waals surface area contributed by atoms with Crippen LogP contribution >= 0.6 is 0 Å². The third-order valence-corrected chi connectivity index (χ3v) is 2.79. The molecular weight excluding hydrogens is 280 g/mol. The van der Waals surface area contributed by atoms with Crippen molar-refractivity contribution in [3.05, 3.63) is 18.0 Å². The van der Waals surface area contributed by atoms with Crippen LogP contribution in [0.15, 0.2) is 12.4 Å². The fourth-order valence-corrected chi connectivity index (χ4v) is 1.64. The summed E-state index contributed by atoms with van der Waals surface area (Å²) in [6.07, 6.45) is 2.85. The highest BCUT2D eigenvalue weighted by atomic mass is 16.5. The van der Waals surface area contributed by atoms with Crippen LogP contribution in [-0.4, -0.2) is 58.0 Å². The lowest BCUT2D eigenvalue weighted by Crippen LogP contribution is -2.45. The number of carboxylic acid groups (broad SMARTS) is 1. The maximum Gasteiger partial charge on any atom is 0.331 e. The molecule has 0 radical (unpaired) electrons. The molecule has 0 saturated carbocycles. The Labute approximate surface area is 121 Å². The van der Waals surface area contributed by atoms with E-state index in [9.17, 15) is 19.5 Å². The monoisotopic (exact) mass is 298 g/mol. The molecule has 1 aromatic rings. The Hall–Kier alpha value is -2.58. The average molecular weight is 298 g/mol. The summed E-state index contributed by atoms with van der Waals surface area (Å²) >= 11 is 0. The van der Waals surface area contributed by atoms with Crippen molar-refractivity contribution < 1.29 is 24.2 Å². The highest BCUT2D eigenvalue weighted by Crippen LogP contribution is 2.12. The van der Waals surface area contributed by atoms with E-state index in [0.29, 0.717) is 5.56 Å². The molecule has 0 bridgehead atoms. The smallest absolute Gasteiger partial charge is 0.331 e. The molecule has 9 heteroatoms. The lowest BCUT2D eigenvalue weighted by Gasteiger charge is -2.22. The summed E-state index contributed by atoms with van der Waals surface area (Å²) in [6, 6.07) is -1.91. The number of carbonyl (C=O) groups excluding carboxylic acids is 2. The maximum atomic E-state index is 12.0. The number of carbonyl (C=O) groups is 3. The molecule has 0 aliphatic carbocycles. The summed E-state index contributed by atoms with van der Waals surface area (Å²) < 4.78 is 5.92. The Morgan fingerprint density at radius 2 is 2.19 bits per heavy atom. The minimum Gasteiger partial charge on any atom is -0.479 e. The number of aromatic nitrogens is 2. The van der Waals surface area contributed by atoms with Crippen LogP contribution in [0, 0.1) is 0 Å². The van der Waals surface area contributed by atoms with Gasteiger partial charge in [0.25, 0.3) is 0 Å². The van der Waals surface area contributed by atoms with Gasteiger partial charge in [-0.15, -0.1) is 0 Å². The number of rotatable bonds is 6. The van der Waals surface area contributed by atoms with Gasteiger partial charge in [-0.2, -0.15) is 5.10 Å². The van der Waals surface area contributed by atoms with Crippen LogP contribution in [-0.2, 0) is 21.4 Å². The Morgan fingerprint density at radius 1 is 1.52 bits per heavy atom. The molecule has 1 aromatic heterocycles. The van der Waals surface area contributed by atoms with E-state index in [2.05, 4.69) is 15.2 Å². The number of ether oxygens (including phenoxy) is 1. The second-order valence-corrected chi connectivity index (χ2v) is 4.26. The van der Waals surface area contributed by atoms with Gasteiger partial charge in [0.1, 0.15) is 6.54 Å². The van der Waals surface area contributed by atoms with Gasteiger partial charge in [0.05, 0.1) is 13.3 Å². The van der Waals surface area contributed by atoms with Gasteiger partial charge in [0.2, 0.25) is 0 Å². The molecule has 116 valence electrons. The molecule has 2 amide bonds. The van der Waals surface area contributed by atoms with Gasteiger partial charge >= 0.3 is 18.0 Å². The van der Waals surface area contributed by atoms with E-state index in [1.54, 1.807) is 14.0 Å². The van der Waals surface area contributed by atoms with Gasteiger partial charge in [-0.3, -0.25) is 9.48 Å². The molecule has 9 nitrogen and oxygen atoms in total. The molecule has 1 atom stereocenters. The van der Waals surface area contributed by atoms with Crippen molar-refractivity contribution in [3.63, 3.8) is 0 Å². The molecule has 1 rings (SSSR count). The van der Waals surface area contributed by atoms with Gasteiger partial charge in [0.15, 0.2) is 6.04 Å². The first-order valence-corrected chi connectivity index (χ1v) is 6.22. The summed E-state index contributed by atoms with van der Waals surface area (Å²) in [5.41, 5.74) is 0.340. The largest absolute Gasteiger partial charge is 0.479 e. The number of hydrogen-bond donors (Lipinski definition) is 2. The van der Waals surface area contributed by atoms with Gasteiger partial charge < -0.3 is 20.1 Å². The van der Waals surface area contributed by atoms with E-state index in [1.165, 1.54) is 24.2 Å². The summed E-state index contributed by atoms with van der Waals surface area (Å²) in [5.74, 6) is -1.80. The zero-order valence-corrected chi connectivity index (χ0v) is 12.1. The number of likely N-dealkylation sites (N-methyl/N-ethyl adjacent to an activating group) is 1. The minimum absolute atomic E-state index is 0.236. The summed E-state index contributed by atoms with van der Waals surface area (Å²) in [5, 5.41) is 15.4. The van der Waals surface area contributed by atoms with Crippen LogP contribution in [0.4, 0.5) is 4.79 Å². The van der Waals surface area contributed by atoms with E-state index in [-0.39, 0.29) is 13.1 Å². The molecule has 1 heterocycles. The Morgan fingerprint density at radius 3 is 2.62 bits per heavy atom. The van der Waals surface area contributed by atoms with Crippen molar-refractivity contribution in [1.82, 2.24) is 20.0 Å². The molecule has 0 fully saturated rings. The number of carboxylic acids is 1. The van der Waals surface area contributed by atoms with Crippen LogP contribution < -0.4 is 5.32 Å². The molecule has 0 aromatic carbocycles. The van der Waals surface area contributed by atoms with Crippen molar-refractivity contribution in [2.75, 3.05) is 20.2 Å². The number of aliphatic carboxylic acids is 1. The Bertz CT molecular complexity index is 527. The van der Waals surface area contributed by atoms with Gasteiger partial charge in [-0.1, -0.05) is 0 Å². The quantitative estimate of drug-likeness (QED) is 0.700. The highest BCUT2D eigenvalue weighted by molar-refractivity contribution is 5.85. The van der Waals surface area contributed by atoms with E-state index >= 15 is 0 Å². The minimum atomic E-state index is -1.24. The Kier molecular flexibility index (Phi) is 5.70. The number of amides is 2. The zero-order valence-electron chi connectivity index (χ0n) is 12.1. The summed E-state index contributed by atoms with van der Waals surface area (Å²) in [4.78, 5) is 35.7. The molecule has 0 aliphatic rings. The summed E-state index contributed by atoms with van der Waals surface area (Å²) in [6.45, 7) is 1.65. The van der Waals surface area contributed by atoms with Crippen LogP contribution in [0.5, 0.6) is 0 Å². The van der Waals surface area contributed by atoms with Gasteiger partial charge in [-0.25, -0.2) is 9.59 Å². The van der Waals surface area contributed by atoms with E-state index in [1.807, 2.05) is 0 Å². The second-order valence-electron chi connectivity index (χ2n) is 4.26. The van der Waals surface area contributed by atoms with Crippen molar-refractivity contribution >= 4 is 18.0 Å². The lowest BCUT2D eigenvalue weighted by molar-refractivity contribution is -0.141. The predicted octanol–water partition coefficient (Wildman–Crippen LogP) is -0.250. The number of nitrogens with zero attached hydrogens (tertiary/aromatic N) is 3.